The molecule has 0 saturated carbocycles. The van der Waals surface area contributed by atoms with Gasteiger partial charge in [-0.3, -0.25) is 0 Å². The second kappa shape index (κ2) is 2.33. The molecule has 56 valence electrons. The lowest BCUT2D eigenvalue weighted by Gasteiger charge is -1.96. The monoisotopic (exact) mass is 140 g/mol. The van der Waals surface area contributed by atoms with Crippen LogP contribution in [0.2, 0.25) is 0 Å². The summed E-state index contributed by atoms with van der Waals surface area (Å²) in [7, 11) is 1.74. The van der Waals surface area contributed by atoms with E-state index in [2.05, 4.69) is 4.98 Å². The highest BCUT2D eigenvalue weighted by atomic mass is 16.1. The van der Waals surface area contributed by atoms with Crippen LogP contribution in [0.1, 0.15) is 25.5 Å². The molecule has 0 aliphatic heterocycles. The summed E-state index contributed by atoms with van der Waals surface area (Å²) in [5, 5.41) is 0. The zero-order chi connectivity index (χ0) is 7.72. The second-order valence-corrected chi connectivity index (χ2v) is 2.78. The number of nitrogens with zero attached hydrogens (tertiary/aromatic N) is 1. The molecule has 1 heterocycles. The average Bonchev–Trinajstić information content (AvgIpc) is 2.13. The molecule has 0 amide bonds. The van der Waals surface area contributed by atoms with E-state index in [-0.39, 0.29) is 5.69 Å². The lowest BCUT2D eigenvalue weighted by atomic mass is 10.2. The Morgan fingerprint density at radius 1 is 1.60 bits per heavy atom. The largest absolute Gasteiger partial charge is 0.325 e. The van der Waals surface area contributed by atoms with Crippen LogP contribution in [0.4, 0.5) is 0 Å². The highest BCUT2D eigenvalue weighted by Crippen LogP contribution is 2.07. The molecule has 3 nitrogen and oxygen atoms in total. The Labute approximate surface area is 59.7 Å². The molecule has 10 heavy (non-hydrogen) atoms. The van der Waals surface area contributed by atoms with Crippen molar-refractivity contribution in [2.24, 2.45) is 7.05 Å². The molecule has 0 atom stereocenters. The average molecular weight is 140 g/mol. The molecular formula is C7H12N2O. The number of imidazole rings is 1. The fraction of sp³-hybridized carbons (Fsp3) is 0.571. The van der Waals surface area contributed by atoms with Gasteiger partial charge in [0.1, 0.15) is 0 Å². The van der Waals surface area contributed by atoms with Crippen molar-refractivity contribution in [1.82, 2.24) is 9.55 Å². The lowest BCUT2D eigenvalue weighted by Crippen LogP contribution is -2.11. The zero-order valence-corrected chi connectivity index (χ0v) is 6.51. The van der Waals surface area contributed by atoms with Gasteiger partial charge in [-0.2, -0.15) is 0 Å². The molecule has 1 aromatic heterocycles. The molecule has 0 fully saturated rings. The van der Waals surface area contributed by atoms with E-state index < -0.39 is 0 Å². The minimum atomic E-state index is -0.0382. The molecule has 0 aliphatic rings. The first-order valence-electron chi connectivity index (χ1n) is 3.37. The van der Waals surface area contributed by atoms with E-state index in [9.17, 15) is 4.79 Å². The molecule has 1 aromatic rings. The first-order valence-corrected chi connectivity index (χ1v) is 3.37. The summed E-state index contributed by atoms with van der Waals surface area (Å²) in [6.45, 7) is 4.09. The predicted octanol–water partition coefficient (Wildman–Crippen LogP) is 0.837. The zero-order valence-electron chi connectivity index (χ0n) is 6.51. The topological polar surface area (TPSA) is 37.8 Å². The maximum atomic E-state index is 10.9. The van der Waals surface area contributed by atoms with Gasteiger partial charge in [0, 0.05) is 18.9 Å². The third-order valence-corrected chi connectivity index (χ3v) is 1.53. The number of hydrogen-bond acceptors (Lipinski definition) is 1. The SMILES string of the molecule is CC(C)c1cn(C)c(=O)[nH]1. The number of aryl methyl sites for hydroxylation is 1. The molecule has 1 rings (SSSR count). The van der Waals surface area contributed by atoms with E-state index in [0.29, 0.717) is 5.92 Å². The van der Waals surface area contributed by atoms with Crippen molar-refractivity contribution in [1.29, 1.82) is 0 Å². The van der Waals surface area contributed by atoms with E-state index in [4.69, 9.17) is 0 Å². The quantitative estimate of drug-likeness (QED) is 0.616. The van der Waals surface area contributed by atoms with Crippen molar-refractivity contribution in [3.63, 3.8) is 0 Å². The summed E-state index contributed by atoms with van der Waals surface area (Å²) in [5.74, 6) is 0.397. The van der Waals surface area contributed by atoms with Gasteiger partial charge >= 0.3 is 5.69 Å². The van der Waals surface area contributed by atoms with E-state index >= 15 is 0 Å². The first-order chi connectivity index (χ1) is 4.61. The van der Waals surface area contributed by atoms with Crippen LogP contribution in [0, 0.1) is 0 Å². The summed E-state index contributed by atoms with van der Waals surface area (Å²) in [6.07, 6.45) is 1.83. The second-order valence-electron chi connectivity index (χ2n) is 2.78. The predicted molar refractivity (Wildman–Crippen MR) is 40.1 cm³/mol. The third kappa shape index (κ3) is 1.12. The van der Waals surface area contributed by atoms with Crippen molar-refractivity contribution in [3.8, 4) is 0 Å². The number of rotatable bonds is 1. The molecule has 0 spiro atoms. The fourth-order valence-electron chi connectivity index (χ4n) is 0.805. The van der Waals surface area contributed by atoms with Crippen LogP contribution in [-0.4, -0.2) is 9.55 Å². The van der Waals surface area contributed by atoms with Crippen molar-refractivity contribution >= 4 is 0 Å². The molecule has 0 aromatic carbocycles. The minimum Gasteiger partial charge on any atom is -0.310 e. The van der Waals surface area contributed by atoms with Gasteiger partial charge < -0.3 is 9.55 Å². The molecule has 3 heteroatoms. The highest BCUT2D eigenvalue weighted by molar-refractivity contribution is 5.01. The van der Waals surface area contributed by atoms with E-state index in [1.165, 1.54) is 0 Å². The third-order valence-electron chi connectivity index (χ3n) is 1.53. The van der Waals surface area contributed by atoms with E-state index in [1.54, 1.807) is 11.6 Å². The summed E-state index contributed by atoms with van der Waals surface area (Å²) in [5.41, 5.74) is 0.955. The molecule has 0 saturated heterocycles. The number of aromatic nitrogens is 2. The Kier molecular flexibility index (Phi) is 1.66. The molecule has 0 unspecified atom stereocenters. The Balaban J connectivity index is 3.10. The Morgan fingerprint density at radius 3 is 2.40 bits per heavy atom. The van der Waals surface area contributed by atoms with Crippen LogP contribution in [0.3, 0.4) is 0 Å². The van der Waals surface area contributed by atoms with E-state index in [0.717, 1.165) is 5.69 Å². The Bertz CT molecular complexity index is 269. The molecule has 0 radical (unpaired) electrons. The molecular weight excluding hydrogens is 128 g/mol. The Hall–Kier alpha value is -0.990. The summed E-state index contributed by atoms with van der Waals surface area (Å²) in [6, 6.07) is 0. The van der Waals surface area contributed by atoms with Gasteiger partial charge in [0.25, 0.3) is 0 Å². The van der Waals surface area contributed by atoms with Crippen LogP contribution in [-0.2, 0) is 7.05 Å². The van der Waals surface area contributed by atoms with Gasteiger partial charge in [-0.05, 0) is 5.92 Å². The highest BCUT2D eigenvalue weighted by Gasteiger charge is 2.01. The van der Waals surface area contributed by atoms with Crippen molar-refractivity contribution in [2.75, 3.05) is 0 Å². The van der Waals surface area contributed by atoms with Crippen molar-refractivity contribution in [2.45, 2.75) is 19.8 Å². The van der Waals surface area contributed by atoms with Gasteiger partial charge in [0.2, 0.25) is 0 Å². The van der Waals surface area contributed by atoms with Gasteiger partial charge in [0.05, 0.1) is 0 Å². The number of aromatic amines is 1. The van der Waals surface area contributed by atoms with Crippen molar-refractivity contribution in [3.05, 3.63) is 22.4 Å². The van der Waals surface area contributed by atoms with Crippen LogP contribution in [0.25, 0.3) is 0 Å². The first kappa shape index (κ1) is 7.12. The smallest absolute Gasteiger partial charge is 0.310 e. The van der Waals surface area contributed by atoms with Crippen LogP contribution in [0.15, 0.2) is 11.0 Å². The van der Waals surface area contributed by atoms with Crippen LogP contribution >= 0.6 is 0 Å². The van der Waals surface area contributed by atoms with E-state index in [1.807, 2.05) is 20.0 Å². The molecule has 1 N–H and O–H groups in total. The Morgan fingerprint density at radius 2 is 2.20 bits per heavy atom. The number of nitrogens with one attached hydrogen (secondary N) is 1. The molecule has 0 aliphatic carbocycles. The summed E-state index contributed by atoms with van der Waals surface area (Å²) < 4.78 is 1.55. The maximum Gasteiger partial charge on any atom is 0.325 e. The number of hydrogen-bond donors (Lipinski definition) is 1. The van der Waals surface area contributed by atoms with Gasteiger partial charge in [-0.25, -0.2) is 4.79 Å². The maximum absolute atomic E-state index is 10.9. The van der Waals surface area contributed by atoms with Gasteiger partial charge in [-0.1, -0.05) is 13.8 Å². The molecule has 0 bridgehead atoms. The fourth-order valence-corrected chi connectivity index (χ4v) is 0.805. The normalized spacial score (nSPS) is 10.8. The summed E-state index contributed by atoms with van der Waals surface area (Å²) >= 11 is 0. The summed E-state index contributed by atoms with van der Waals surface area (Å²) in [4.78, 5) is 13.6. The van der Waals surface area contributed by atoms with Crippen LogP contribution in [0.5, 0.6) is 0 Å². The van der Waals surface area contributed by atoms with Crippen molar-refractivity contribution < 1.29 is 0 Å². The van der Waals surface area contributed by atoms with Gasteiger partial charge in [-0.15, -0.1) is 0 Å². The minimum absolute atomic E-state index is 0.0382. The number of H-pyrrole nitrogens is 1. The standard InChI is InChI=1S/C7H12N2O/c1-5(2)6-4-9(3)7(10)8-6/h4-5H,1-3H3,(H,8,10). The lowest BCUT2D eigenvalue weighted by molar-refractivity contribution is 0.828. The van der Waals surface area contributed by atoms with Crippen LogP contribution < -0.4 is 5.69 Å². The van der Waals surface area contributed by atoms with Gasteiger partial charge in [0.15, 0.2) is 0 Å².